The van der Waals surface area contributed by atoms with Crippen molar-refractivity contribution < 1.29 is 14.7 Å². The van der Waals surface area contributed by atoms with Gasteiger partial charge in [-0.1, -0.05) is 27.7 Å². The fraction of sp³-hybridized carbons (Fsp3) is 0.818. The SMILES string of the molecule is CCC(CN)C(=O)N[C@@H](C(=O)O)C(C)(C)C. The number of nitrogens with one attached hydrogen (secondary N) is 1. The van der Waals surface area contributed by atoms with E-state index < -0.39 is 17.4 Å². The molecule has 16 heavy (non-hydrogen) atoms. The number of carboxylic acid groups (broad SMARTS) is 1. The van der Waals surface area contributed by atoms with Crippen molar-refractivity contribution in [2.45, 2.75) is 40.2 Å². The van der Waals surface area contributed by atoms with Crippen LogP contribution >= 0.6 is 0 Å². The lowest BCUT2D eigenvalue weighted by atomic mass is 9.86. The zero-order chi connectivity index (χ0) is 12.9. The molecule has 0 aliphatic rings. The van der Waals surface area contributed by atoms with Gasteiger partial charge < -0.3 is 16.2 Å². The van der Waals surface area contributed by atoms with Crippen molar-refractivity contribution in [2.24, 2.45) is 17.1 Å². The second-order valence-corrected chi connectivity index (χ2v) is 4.99. The van der Waals surface area contributed by atoms with Crippen LogP contribution < -0.4 is 11.1 Å². The number of aliphatic carboxylic acids is 1. The fourth-order valence-corrected chi connectivity index (χ4v) is 1.37. The third-order valence-corrected chi connectivity index (χ3v) is 2.55. The van der Waals surface area contributed by atoms with Crippen LogP contribution in [-0.4, -0.2) is 29.6 Å². The molecule has 0 saturated heterocycles. The molecule has 0 aromatic heterocycles. The highest BCUT2D eigenvalue weighted by atomic mass is 16.4. The second kappa shape index (κ2) is 5.84. The molecule has 0 heterocycles. The van der Waals surface area contributed by atoms with E-state index in [1.54, 1.807) is 20.8 Å². The summed E-state index contributed by atoms with van der Waals surface area (Å²) >= 11 is 0. The molecule has 0 spiro atoms. The summed E-state index contributed by atoms with van der Waals surface area (Å²) in [4.78, 5) is 22.7. The average molecular weight is 230 g/mol. The monoisotopic (exact) mass is 230 g/mol. The summed E-state index contributed by atoms with van der Waals surface area (Å²) in [7, 11) is 0. The molecule has 0 bridgehead atoms. The van der Waals surface area contributed by atoms with Gasteiger partial charge in [0.2, 0.25) is 5.91 Å². The maximum Gasteiger partial charge on any atom is 0.326 e. The van der Waals surface area contributed by atoms with Crippen molar-refractivity contribution in [1.29, 1.82) is 0 Å². The molecule has 0 fully saturated rings. The van der Waals surface area contributed by atoms with E-state index in [2.05, 4.69) is 5.32 Å². The molecule has 94 valence electrons. The Balaban J connectivity index is 4.65. The molecule has 2 atom stereocenters. The molecule has 1 unspecified atom stereocenters. The minimum Gasteiger partial charge on any atom is -0.480 e. The van der Waals surface area contributed by atoms with E-state index in [0.29, 0.717) is 6.42 Å². The molecule has 0 saturated carbocycles. The molecule has 4 N–H and O–H groups in total. The van der Waals surface area contributed by atoms with Crippen molar-refractivity contribution >= 4 is 11.9 Å². The summed E-state index contributed by atoms with van der Waals surface area (Å²) in [6, 6.07) is -0.888. The number of carboxylic acids is 1. The normalized spacial score (nSPS) is 15.3. The lowest BCUT2D eigenvalue weighted by Gasteiger charge is -2.29. The summed E-state index contributed by atoms with van der Waals surface area (Å²) < 4.78 is 0. The first-order valence-electron chi connectivity index (χ1n) is 5.47. The van der Waals surface area contributed by atoms with Gasteiger partial charge in [-0.3, -0.25) is 4.79 Å². The molecule has 0 rings (SSSR count). The Bertz CT molecular complexity index is 254. The highest BCUT2D eigenvalue weighted by Crippen LogP contribution is 2.20. The number of carbonyl (C=O) groups excluding carboxylic acids is 1. The number of hydrogen-bond donors (Lipinski definition) is 3. The first kappa shape index (κ1) is 14.9. The average Bonchev–Trinajstić information content (AvgIpc) is 2.13. The lowest BCUT2D eigenvalue weighted by Crippen LogP contribution is -2.51. The van der Waals surface area contributed by atoms with Gasteiger partial charge in [0, 0.05) is 12.5 Å². The molecule has 0 aliphatic carbocycles. The minimum absolute atomic E-state index is 0.235. The summed E-state index contributed by atoms with van der Waals surface area (Å²) in [6.07, 6.45) is 0.610. The third-order valence-electron chi connectivity index (χ3n) is 2.55. The fourth-order valence-electron chi connectivity index (χ4n) is 1.37. The van der Waals surface area contributed by atoms with E-state index in [1.165, 1.54) is 0 Å². The Kier molecular flexibility index (Phi) is 5.44. The van der Waals surface area contributed by atoms with Crippen molar-refractivity contribution in [3.63, 3.8) is 0 Å². The first-order chi connectivity index (χ1) is 7.23. The van der Waals surface area contributed by atoms with Crippen molar-refractivity contribution in [3.8, 4) is 0 Å². The van der Waals surface area contributed by atoms with Gasteiger partial charge in [0.1, 0.15) is 6.04 Å². The molecular weight excluding hydrogens is 208 g/mol. The van der Waals surface area contributed by atoms with Gasteiger partial charge in [-0.2, -0.15) is 0 Å². The molecule has 0 radical (unpaired) electrons. The highest BCUT2D eigenvalue weighted by Gasteiger charge is 2.33. The van der Waals surface area contributed by atoms with Crippen LogP contribution in [0, 0.1) is 11.3 Å². The number of carbonyl (C=O) groups is 2. The maximum absolute atomic E-state index is 11.7. The van der Waals surface area contributed by atoms with Crippen molar-refractivity contribution in [2.75, 3.05) is 6.54 Å². The number of nitrogens with two attached hydrogens (primary N) is 1. The zero-order valence-electron chi connectivity index (χ0n) is 10.4. The Hall–Kier alpha value is -1.10. The Labute approximate surface area is 96.4 Å². The highest BCUT2D eigenvalue weighted by molar-refractivity contribution is 5.85. The van der Waals surface area contributed by atoms with Crippen molar-refractivity contribution in [1.82, 2.24) is 5.32 Å². The van der Waals surface area contributed by atoms with Crippen LogP contribution in [0.4, 0.5) is 0 Å². The topological polar surface area (TPSA) is 92.4 Å². The quantitative estimate of drug-likeness (QED) is 0.644. The van der Waals surface area contributed by atoms with Crippen LogP contribution in [-0.2, 0) is 9.59 Å². The summed E-state index contributed by atoms with van der Waals surface area (Å²) in [5.74, 6) is -1.62. The Morgan fingerprint density at radius 3 is 2.12 bits per heavy atom. The lowest BCUT2D eigenvalue weighted by molar-refractivity contribution is -0.145. The summed E-state index contributed by atoms with van der Waals surface area (Å²) in [6.45, 7) is 7.41. The molecule has 0 aliphatic heterocycles. The van der Waals surface area contributed by atoms with Crippen molar-refractivity contribution in [3.05, 3.63) is 0 Å². The summed E-state index contributed by atoms with van der Waals surface area (Å²) in [5, 5.41) is 11.6. The maximum atomic E-state index is 11.7. The predicted octanol–water partition coefficient (Wildman–Crippen LogP) is 0.587. The van der Waals surface area contributed by atoms with Gasteiger partial charge in [-0.25, -0.2) is 4.79 Å². The number of hydrogen-bond acceptors (Lipinski definition) is 3. The van der Waals surface area contributed by atoms with E-state index in [0.717, 1.165) is 0 Å². The van der Waals surface area contributed by atoms with E-state index in [9.17, 15) is 9.59 Å². The first-order valence-corrected chi connectivity index (χ1v) is 5.47. The molecule has 0 aromatic rings. The van der Waals surface area contributed by atoms with Crippen LogP contribution in [0.2, 0.25) is 0 Å². The second-order valence-electron chi connectivity index (χ2n) is 4.99. The largest absolute Gasteiger partial charge is 0.480 e. The van der Waals surface area contributed by atoms with Crippen LogP contribution in [0.5, 0.6) is 0 Å². The smallest absolute Gasteiger partial charge is 0.326 e. The van der Waals surface area contributed by atoms with Gasteiger partial charge in [-0.05, 0) is 11.8 Å². The summed E-state index contributed by atoms with van der Waals surface area (Å²) in [5.41, 5.74) is 4.92. The molecular formula is C11H22N2O3. The van der Waals surface area contributed by atoms with Gasteiger partial charge in [0.25, 0.3) is 0 Å². The third kappa shape index (κ3) is 4.18. The Morgan fingerprint density at radius 2 is 1.88 bits per heavy atom. The number of amides is 1. The molecule has 5 heteroatoms. The molecule has 0 aromatic carbocycles. The van der Waals surface area contributed by atoms with E-state index in [4.69, 9.17) is 10.8 Å². The molecule has 5 nitrogen and oxygen atoms in total. The van der Waals surface area contributed by atoms with Crippen LogP contribution in [0.3, 0.4) is 0 Å². The predicted molar refractivity (Wildman–Crippen MR) is 61.9 cm³/mol. The Morgan fingerprint density at radius 1 is 1.38 bits per heavy atom. The van der Waals surface area contributed by atoms with Crippen LogP contribution in [0.1, 0.15) is 34.1 Å². The van der Waals surface area contributed by atoms with Crippen LogP contribution in [0.25, 0.3) is 0 Å². The standard InChI is InChI=1S/C11H22N2O3/c1-5-7(6-12)9(14)13-8(10(15)16)11(2,3)4/h7-8H,5-6,12H2,1-4H3,(H,13,14)(H,15,16)/t7?,8-/m0/s1. The zero-order valence-corrected chi connectivity index (χ0v) is 10.4. The van der Waals surface area contributed by atoms with E-state index >= 15 is 0 Å². The van der Waals surface area contributed by atoms with E-state index in [1.807, 2.05) is 6.92 Å². The number of rotatable bonds is 5. The van der Waals surface area contributed by atoms with Gasteiger partial charge in [0.05, 0.1) is 0 Å². The minimum atomic E-state index is -1.02. The van der Waals surface area contributed by atoms with Gasteiger partial charge in [-0.15, -0.1) is 0 Å². The van der Waals surface area contributed by atoms with E-state index in [-0.39, 0.29) is 18.4 Å². The molecule has 1 amide bonds. The van der Waals surface area contributed by atoms with Gasteiger partial charge >= 0.3 is 5.97 Å². The van der Waals surface area contributed by atoms with Gasteiger partial charge in [0.15, 0.2) is 0 Å². The van der Waals surface area contributed by atoms with Crippen LogP contribution in [0.15, 0.2) is 0 Å².